The number of nitrogens with one attached hydrogen (secondary N) is 1. The number of aryl methyl sites for hydroxylation is 1. The second kappa shape index (κ2) is 5.77. The van der Waals surface area contributed by atoms with E-state index in [4.69, 9.17) is 0 Å². The van der Waals surface area contributed by atoms with Crippen molar-refractivity contribution in [1.82, 2.24) is 14.9 Å². The zero-order valence-corrected chi connectivity index (χ0v) is 12.7. The van der Waals surface area contributed by atoms with Crippen LogP contribution in [0.2, 0.25) is 0 Å². The fraction of sp³-hybridized carbons (Fsp3) is 0.312. The first-order valence-corrected chi connectivity index (χ1v) is 7.78. The highest BCUT2D eigenvalue weighted by atomic mass is 32.1. The summed E-state index contributed by atoms with van der Waals surface area (Å²) in [6, 6.07) is 8.75. The molecule has 0 unspecified atom stereocenters. The van der Waals surface area contributed by atoms with E-state index in [1.54, 1.807) is 11.3 Å². The number of aromatic nitrogens is 2. The molecule has 0 fully saturated rings. The van der Waals surface area contributed by atoms with Crippen LogP contribution in [-0.4, -0.2) is 16.1 Å². The summed E-state index contributed by atoms with van der Waals surface area (Å²) in [4.78, 5) is 5.63. The molecule has 20 heavy (non-hydrogen) atoms. The van der Waals surface area contributed by atoms with Crippen molar-refractivity contribution >= 4 is 22.2 Å². The van der Waals surface area contributed by atoms with E-state index in [-0.39, 0.29) is 0 Å². The fourth-order valence-corrected chi connectivity index (χ4v) is 3.28. The Labute approximate surface area is 123 Å². The molecule has 0 spiro atoms. The number of fused-ring (bicyclic) bond motifs is 1. The lowest BCUT2D eigenvalue weighted by Gasteiger charge is -2.06. The Balaban J connectivity index is 1.92. The van der Waals surface area contributed by atoms with Gasteiger partial charge in [0.05, 0.1) is 11.6 Å². The molecule has 0 amide bonds. The monoisotopic (exact) mass is 285 g/mol. The van der Waals surface area contributed by atoms with Gasteiger partial charge in [0, 0.05) is 34.7 Å². The summed E-state index contributed by atoms with van der Waals surface area (Å²) in [6.07, 6.45) is 4.16. The highest BCUT2D eigenvalue weighted by Crippen LogP contribution is 2.22. The largest absolute Gasteiger partial charge is 0.342 e. The highest BCUT2D eigenvalue weighted by molar-refractivity contribution is 7.11. The molecule has 104 valence electrons. The normalized spacial score (nSPS) is 11.3. The lowest BCUT2D eigenvalue weighted by atomic mass is 10.1. The van der Waals surface area contributed by atoms with E-state index in [2.05, 4.69) is 59.2 Å². The lowest BCUT2D eigenvalue weighted by Crippen LogP contribution is -2.11. The number of hydrogen-bond donors (Lipinski definition) is 1. The molecular formula is C16H19N3S. The summed E-state index contributed by atoms with van der Waals surface area (Å²) < 4.78 is 2.30. The number of thiazole rings is 1. The predicted octanol–water partition coefficient (Wildman–Crippen LogP) is 3.56. The number of benzene rings is 1. The van der Waals surface area contributed by atoms with Gasteiger partial charge in [-0.3, -0.25) is 0 Å². The summed E-state index contributed by atoms with van der Waals surface area (Å²) in [7, 11) is 0. The molecule has 4 heteroatoms. The van der Waals surface area contributed by atoms with Gasteiger partial charge < -0.3 is 9.88 Å². The van der Waals surface area contributed by atoms with E-state index < -0.39 is 0 Å². The van der Waals surface area contributed by atoms with E-state index in [1.165, 1.54) is 21.3 Å². The van der Waals surface area contributed by atoms with Crippen molar-refractivity contribution in [2.45, 2.75) is 26.9 Å². The van der Waals surface area contributed by atoms with Crippen LogP contribution in [0.5, 0.6) is 0 Å². The number of nitrogens with zero attached hydrogens (tertiary/aromatic N) is 2. The van der Waals surface area contributed by atoms with Crippen LogP contribution in [0, 0.1) is 6.92 Å². The van der Waals surface area contributed by atoms with Gasteiger partial charge in [0.15, 0.2) is 0 Å². The van der Waals surface area contributed by atoms with Crippen molar-refractivity contribution in [3.05, 3.63) is 52.1 Å². The molecule has 1 aromatic carbocycles. The van der Waals surface area contributed by atoms with E-state index in [1.807, 2.05) is 6.20 Å². The molecule has 3 nitrogen and oxygen atoms in total. The zero-order valence-electron chi connectivity index (χ0n) is 11.9. The standard InChI is InChI=1S/C16H19N3S/c1-3-17-9-13-5-4-6-16-15(13)7-8-19(16)11-14-10-18-12(2)20-14/h4-8,10,17H,3,9,11H2,1-2H3. The third-order valence-corrected chi connectivity index (χ3v) is 4.36. The molecule has 2 heterocycles. The van der Waals surface area contributed by atoms with Gasteiger partial charge in [0.2, 0.25) is 0 Å². The van der Waals surface area contributed by atoms with Gasteiger partial charge in [0.25, 0.3) is 0 Å². The number of hydrogen-bond acceptors (Lipinski definition) is 3. The summed E-state index contributed by atoms with van der Waals surface area (Å²) in [5.41, 5.74) is 2.66. The van der Waals surface area contributed by atoms with E-state index >= 15 is 0 Å². The molecule has 0 saturated carbocycles. The van der Waals surface area contributed by atoms with Crippen molar-refractivity contribution in [1.29, 1.82) is 0 Å². The molecule has 1 N–H and O–H groups in total. The maximum Gasteiger partial charge on any atom is 0.0897 e. The van der Waals surface area contributed by atoms with Gasteiger partial charge in [-0.25, -0.2) is 4.98 Å². The van der Waals surface area contributed by atoms with Crippen molar-refractivity contribution in [2.75, 3.05) is 6.54 Å². The molecule has 0 aliphatic heterocycles. The van der Waals surface area contributed by atoms with Crippen LogP contribution in [0.1, 0.15) is 22.4 Å². The average molecular weight is 285 g/mol. The van der Waals surface area contributed by atoms with Crippen molar-refractivity contribution in [3.63, 3.8) is 0 Å². The molecule has 2 aromatic heterocycles. The quantitative estimate of drug-likeness (QED) is 0.776. The molecular weight excluding hydrogens is 266 g/mol. The van der Waals surface area contributed by atoms with Crippen LogP contribution in [0.25, 0.3) is 10.9 Å². The third-order valence-electron chi connectivity index (χ3n) is 3.46. The zero-order chi connectivity index (χ0) is 13.9. The Kier molecular flexibility index (Phi) is 3.85. The Morgan fingerprint density at radius 1 is 1.30 bits per heavy atom. The van der Waals surface area contributed by atoms with Crippen LogP contribution >= 0.6 is 11.3 Å². The third kappa shape index (κ3) is 2.62. The topological polar surface area (TPSA) is 29.9 Å². The van der Waals surface area contributed by atoms with Gasteiger partial charge >= 0.3 is 0 Å². The van der Waals surface area contributed by atoms with Crippen LogP contribution in [0.15, 0.2) is 36.7 Å². The Bertz CT molecular complexity index is 711. The molecule has 0 bridgehead atoms. The Hall–Kier alpha value is -1.65. The van der Waals surface area contributed by atoms with Gasteiger partial charge in [-0.1, -0.05) is 19.1 Å². The van der Waals surface area contributed by atoms with Crippen molar-refractivity contribution in [2.24, 2.45) is 0 Å². The molecule has 3 aromatic rings. The molecule has 3 rings (SSSR count). The minimum atomic E-state index is 0.902. The lowest BCUT2D eigenvalue weighted by molar-refractivity contribution is 0.730. The van der Waals surface area contributed by atoms with Gasteiger partial charge in [-0.05, 0) is 31.2 Å². The second-order valence-electron chi connectivity index (χ2n) is 4.92. The number of rotatable bonds is 5. The summed E-state index contributed by atoms with van der Waals surface area (Å²) in [5, 5.41) is 5.87. The maximum absolute atomic E-state index is 4.33. The van der Waals surface area contributed by atoms with Crippen LogP contribution in [-0.2, 0) is 13.1 Å². The first-order valence-electron chi connectivity index (χ1n) is 6.96. The first-order chi connectivity index (χ1) is 9.78. The smallest absolute Gasteiger partial charge is 0.0897 e. The van der Waals surface area contributed by atoms with Crippen LogP contribution < -0.4 is 5.32 Å². The van der Waals surface area contributed by atoms with Gasteiger partial charge in [-0.15, -0.1) is 11.3 Å². The summed E-state index contributed by atoms with van der Waals surface area (Å²) in [6.45, 7) is 7.02. The summed E-state index contributed by atoms with van der Waals surface area (Å²) >= 11 is 1.77. The summed E-state index contributed by atoms with van der Waals surface area (Å²) in [5.74, 6) is 0. The molecule has 0 aliphatic rings. The predicted molar refractivity (Wildman–Crippen MR) is 85.3 cm³/mol. The molecule has 0 saturated heterocycles. The van der Waals surface area contributed by atoms with E-state index in [0.29, 0.717) is 0 Å². The Morgan fingerprint density at radius 2 is 2.20 bits per heavy atom. The van der Waals surface area contributed by atoms with E-state index in [9.17, 15) is 0 Å². The van der Waals surface area contributed by atoms with Gasteiger partial charge in [0.1, 0.15) is 0 Å². The minimum absolute atomic E-state index is 0.902. The minimum Gasteiger partial charge on any atom is -0.342 e. The van der Waals surface area contributed by atoms with Crippen molar-refractivity contribution in [3.8, 4) is 0 Å². The average Bonchev–Trinajstić information content (AvgIpc) is 3.04. The highest BCUT2D eigenvalue weighted by Gasteiger charge is 2.07. The van der Waals surface area contributed by atoms with Crippen LogP contribution in [0.3, 0.4) is 0 Å². The molecule has 0 aliphatic carbocycles. The molecule has 0 atom stereocenters. The van der Waals surface area contributed by atoms with Crippen molar-refractivity contribution < 1.29 is 0 Å². The SMILES string of the molecule is CCNCc1cccc2c1ccn2Cc1cnc(C)s1. The Morgan fingerprint density at radius 3 is 2.95 bits per heavy atom. The van der Waals surface area contributed by atoms with Gasteiger partial charge in [-0.2, -0.15) is 0 Å². The van der Waals surface area contributed by atoms with Crippen LogP contribution in [0.4, 0.5) is 0 Å². The second-order valence-corrected chi connectivity index (χ2v) is 6.24. The van der Waals surface area contributed by atoms with E-state index in [0.717, 1.165) is 24.6 Å². The first kappa shape index (κ1) is 13.3. The molecule has 0 radical (unpaired) electrons. The maximum atomic E-state index is 4.33. The fourth-order valence-electron chi connectivity index (χ4n) is 2.49.